The molecule has 1 aromatic heterocycles. The van der Waals surface area contributed by atoms with Gasteiger partial charge < -0.3 is 10.1 Å². The molecule has 5 heteroatoms. The summed E-state index contributed by atoms with van der Waals surface area (Å²) in [5, 5.41) is 3.46. The lowest BCUT2D eigenvalue weighted by Gasteiger charge is -2.16. The Morgan fingerprint density at radius 2 is 2.10 bits per heavy atom. The van der Waals surface area contributed by atoms with Crippen LogP contribution in [-0.4, -0.2) is 12.1 Å². The van der Waals surface area contributed by atoms with Crippen molar-refractivity contribution in [3.8, 4) is 5.75 Å². The van der Waals surface area contributed by atoms with Crippen LogP contribution in [0.5, 0.6) is 5.75 Å². The van der Waals surface area contributed by atoms with Gasteiger partial charge in [0.1, 0.15) is 5.75 Å². The second kappa shape index (κ2) is 7.20. The zero-order valence-corrected chi connectivity index (χ0v) is 14.5. The molecule has 0 saturated carbocycles. The summed E-state index contributed by atoms with van der Waals surface area (Å²) in [6.45, 7) is 2.81. The number of halogens is 2. The predicted molar refractivity (Wildman–Crippen MR) is 87.9 cm³/mol. The first-order valence-electron chi connectivity index (χ1n) is 6.28. The fourth-order valence-corrected chi connectivity index (χ4v) is 3.45. The van der Waals surface area contributed by atoms with E-state index >= 15 is 0 Å². The van der Waals surface area contributed by atoms with Gasteiger partial charge in [0.25, 0.3) is 0 Å². The average molecular weight is 400 g/mol. The van der Waals surface area contributed by atoms with Crippen molar-refractivity contribution < 1.29 is 4.74 Å². The molecule has 1 unspecified atom stereocenters. The van der Waals surface area contributed by atoms with Crippen LogP contribution in [0.15, 0.2) is 45.5 Å². The van der Waals surface area contributed by atoms with Crippen LogP contribution in [0.2, 0.25) is 0 Å². The van der Waals surface area contributed by atoms with Gasteiger partial charge in [0.15, 0.2) is 0 Å². The van der Waals surface area contributed by atoms with Crippen molar-refractivity contribution in [2.75, 3.05) is 7.11 Å². The third-order valence-electron chi connectivity index (χ3n) is 3.02. The van der Waals surface area contributed by atoms with Crippen LogP contribution < -0.4 is 10.1 Å². The molecule has 3 nitrogen and oxygen atoms in total. The molecule has 1 aromatic carbocycles. The van der Waals surface area contributed by atoms with Gasteiger partial charge in [-0.3, -0.25) is 4.98 Å². The molecule has 20 heavy (non-hydrogen) atoms. The monoisotopic (exact) mass is 398 g/mol. The first kappa shape index (κ1) is 15.5. The maximum absolute atomic E-state index is 5.45. The fourth-order valence-electron chi connectivity index (χ4n) is 1.97. The largest absolute Gasteiger partial charge is 0.495 e. The highest BCUT2D eigenvalue weighted by molar-refractivity contribution is 9.11. The zero-order valence-electron chi connectivity index (χ0n) is 11.4. The van der Waals surface area contributed by atoms with E-state index < -0.39 is 0 Å². The van der Waals surface area contributed by atoms with Crippen molar-refractivity contribution in [2.24, 2.45) is 0 Å². The van der Waals surface area contributed by atoms with Gasteiger partial charge >= 0.3 is 0 Å². The number of aromatic nitrogens is 1. The summed E-state index contributed by atoms with van der Waals surface area (Å²) in [6.07, 6.45) is 1.81. The average Bonchev–Trinajstić information content (AvgIpc) is 2.45. The Morgan fingerprint density at radius 3 is 2.75 bits per heavy atom. The topological polar surface area (TPSA) is 34.1 Å². The highest BCUT2D eigenvalue weighted by Crippen LogP contribution is 2.32. The molecule has 0 saturated heterocycles. The number of nitrogens with zero attached hydrogens (tertiary/aromatic N) is 1. The summed E-state index contributed by atoms with van der Waals surface area (Å²) in [4.78, 5) is 4.36. The molecule has 2 rings (SSSR count). The van der Waals surface area contributed by atoms with E-state index in [-0.39, 0.29) is 6.04 Å². The van der Waals surface area contributed by atoms with Gasteiger partial charge in [0, 0.05) is 28.8 Å². The van der Waals surface area contributed by atoms with Crippen LogP contribution in [0.3, 0.4) is 0 Å². The van der Waals surface area contributed by atoms with Crippen LogP contribution >= 0.6 is 31.9 Å². The van der Waals surface area contributed by atoms with E-state index in [9.17, 15) is 0 Å². The molecule has 0 bridgehead atoms. The van der Waals surface area contributed by atoms with Gasteiger partial charge in [-0.15, -0.1) is 0 Å². The van der Waals surface area contributed by atoms with Crippen LogP contribution in [0.25, 0.3) is 0 Å². The Bertz CT molecular complexity index is 576. The van der Waals surface area contributed by atoms with E-state index in [4.69, 9.17) is 4.74 Å². The Labute approximate surface area is 136 Å². The summed E-state index contributed by atoms with van der Waals surface area (Å²) in [5.41, 5.74) is 2.12. The highest BCUT2D eigenvalue weighted by Gasteiger charge is 2.11. The molecule has 0 aliphatic carbocycles. The van der Waals surface area contributed by atoms with Crippen molar-refractivity contribution in [3.05, 3.63) is 56.7 Å². The van der Waals surface area contributed by atoms with E-state index in [0.717, 1.165) is 26.0 Å². The summed E-state index contributed by atoms with van der Waals surface area (Å²) < 4.78 is 7.41. The number of nitrogens with one attached hydrogen (secondary N) is 1. The fraction of sp³-hybridized carbons (Fsp3) is 0.267. The number of rotatable bonds is 5. The zero-order chi connectivity index (χ0) is 14.5. The molecule has 2 aromatic rings. The first-order valence-corrected chi connectivity index (χ1v) is 7.86. The van der Waals surface area contributed by atoms with Crippen molar-refractivity contribution in [2.45, 2.75) is 19.5 Å². The number of methoxy groups -OCH3 is 1. The predicted octanol–water partition coefficient (Wildman–Crippen LogP) is 4.47. The Balaban J connectivity index is 2.11. The number of ether oxygens (including phenoxy) is 1. The molecule has 1 heterocycles. The Hall–Kier alpha value is -0.910. The molecule has 0 aliphatic rings. The smallest absolute Gasteiger partial charge is 0.137 e. The molecule has 0 spiro atoms. The molecule has 0 amide bonds. The lowest BCUT2D eigenvalue weighted by Crippen LogP contribution is -2.19. The lowest BCUT2D eigenvalue weighted by molar-refractivity contribution is 0.403. The number of pyridine rings is 1. The van der Waals surface area contributed by atoms with E-state index in [2.05, 4.69) is 55.2 Å². The number of hydrogen-bond acceptors (Lipinski definition) is 3. The normalized spacial score (nSPS) is 12.2. The lowest BCUT2D eigenvalue weighted by atomic mass is 10.1. The molecule has 0 fully saturated rings. The summed E-state index contributed by atoms with van der Waals surface area (Å²) in [5.74, 6) is 0.855. The minimum atomic E-state index is 0.179. The molecular formula is C15H16Br2N2O. The van der Waals surface area contributed by atoms with Crippen molar-refractivity contribution >= 4 is 31.9 Å². The highest BCUT2D eigenvalue weighted by atomic mass is 79.9. The molecule has 1 atom stereocenters. The number of hydrogen-bond donors (Lipinski definition) is 1. The van der Waals surface area contributed by atoms with Crippen molar-refractivity contribution in [1.82, 2.24) is 10.3 Å². The SMILES string of the molecule is COc1c(Br)cc(Br)cc1CNC(C)c1ccccn1. The van der Waals surface area contributed by atoms with Gasteiger partial charge in [-0.05, 0) is 47.1 Å². The third-order valence-corrected chi connectivity index (χ3v) is 4.07. The molecule has 0 radical (unpaired) electrons. The van der Waals surface area contributed by atoms with E-state index in [1.807, 2.05) is 30.5 Å². The van der Waals surface area contributed by atoms with Crippen LogP contribution in [-0.2, 0) is 6.54 Å². The third kappa shape index (κ3) is 3.81. The minimum absolute atomic E-state index is 0.179. The van der Waals surface area contributed by atoms with Crippen LogP contribution in [0, 0.1) is 0 Å². The van der Waals surface area contributed by atoms with Gasteiger partial charge in [-0.2, -0.15) is 0 Å². The summed E-state index contributed by atoms with van der Waals surface area (Å²) >= 11 is 7.02. The van der Waals surface area contributed by atoms with E-state index in [0.29, 0.717) is 6.54 Å². The first-order chi connectivity index (χ1) is 9.61. The van der Waals surface area contributed by atoms with Crippen LogP contribution in [0.1, 0.15) is 24.2 Å². The maximum Gasteiger partial charge on any atom is 0.137 e. The van der Waals surface area contributed by atoms with Crippen LogP contribution in [0.4, 0.5) is 0 Å². The second-order valence-corrected chi connectivity index (χ2v) is 6.21. The summed E-state index contributed by atoms with van der Waals surface area (Å²) in [6, 6.07) is 10.2. The van der Waals surface area contributed by atoms with Gasteiger partial charge in [0.2, 0.25) is 0 Å². The minimum Gasteiger partial charge on any atom is -0.495 e. The molecule has 1 N–H and O–H groups in total. The molecular weight excluding hydrogens is 384 g/mol. The maximum atomic E-state index is 5.45. The van der Waals surface area contributed by atoms with Gasteiger partial charge in [-0.1, -0.05) is 22.0 Å². The van der Waals surface area contributed by atoms with E-state index in [1.54, 1.807) is 7.11 Å². The van der Waals surface area contributed by atoms with Gasteiger partial charge in [0.05, 0.1) is 17.3 Å². The quantitative estimate of drug-likeness (QED) is 0.805. The van der Waals surface area contributed by atoms with E-state index in [1.165, 1.54) is 0 Å². The Kier molecular flexibility index (Phi) is 5.57. The Morgan fingerprint density at radius 1 is 1.30 bits per heavy atom. The number of benzene rings is 1. The second-order valence-electron chi connectivity index (χ2n) is 4.44. The molecule has 0 aliphatic heterocycles. The standard InChI is InChI=1S/C15H16Br2N2O/c1-10(14-5-3-4-6-18-14)19-9-11-7-12(16)8-13(17)15(11)20-2/h3-8,10,19H,9H2,1-2H3. The van der Waals surface area contributed by atoms with Gasteiger partial charge in [-0.25, -0.2) is 0 Å². The van der Waals surface area contributed by atoms with Crippen molar-refractivity contribution in [3.63, 3.8) is 0 Å². The molecule has 106 valence electrons. The van der Waals surface area contributed by atoms with Crippen molar-refractivity contribution in [1.29, 1.82) is 0 Å². The summed E-state index contributed by atoms with van der Waals surface area (Å²) in [7, 11) is 1.68.